The van der Waals surface area contributed by atoms with Gasteiger partial charge in [0.05, 0.1) is 0 Å². The van der Waals surface area contributed by atoms with Crippen LogP contribution in [0.3, 0.4) is 0 Å². The molecule has 0 fully saturated rings. The Hall–Kier alpha value is -2.64. The molecule has 0 saturated carbocycles. The topological polar surface area (TPSA) is 108 Å². The number of carbonyl (C=O) groups is 1. The zero-order chi connectivity index (χ0) is 15.2. The first-order chi connectivity index (χ1) is 10.8. The molecule has 0 spiro atoms. The van der Waals surface area contributed by atoms with E-state index in [1.807, 2.05) is 0 Å². The maximum absolute atomic E-state index is 12.0. The minimum absolute atomic E-state index is 0.141. The molecule has 1 aliphatic heterocycles. The minimum atomic E-state index is -0.141. The average molecular weight is 301 g/mol. The van der Waals surface area contributed by atoms with E-state index in [9.17, 15) is 4.79 Å². The number of rotatable bonds is 0. The number of carbonyl (C=O) groups excluding carboxylic acids is 1. The molecule has 3 rings (SSSR count). The summed E-state index contributed by atoms with van der Waals surface area (Å²) in [4.78, 5) is 20.5. The van der Waals surface area contributed by atoms with Crippen molar-refractivity contribution in [1.29, 1.82) is 0 Å². The molecule has 8 heteroatoms. The molecule has 0 aromatic carbocycles. The lowest BCUT2D eigenvalue weighted by atomic mass is 10.2. The first-order valence-electron chi connectivity index (χ1n) is 7.49. The summed E-state index contributed by atoms with van der Waals surface area (Å²) in [5.41, 5.74) is 0.432. The summed E-state index contributed by atoms with van der Waals surface area (Å²) in [5.74, 6) is 1.62. The van der Waals surface area contributed by atoms with Crippen LogP contribution in [0.5, 0.6) is 0 Å². The molecule has 0 radical (unpaired) electrons. The number of hydrogen-bond acceptors (Lipinski definition) is 6. The summed E-state index contributed by atoms with van der Waals surface area (Å²) in [6, 6.07) is 3.42. The second-order valence-electron chi connectivity index (χ2n) is 5.15. The van der Waals surface area contributed by atoms with Crippen LogP contribution in [-0.4, -0.2) is 39.2 Å². The number of hydrogen-bond donors (Lipinski definition) is 4. The van der Waals surface area contributed by atoms with Gasteiger partial charge in [0.1, 0.15) is 11.5 Å². The van der Waals surface area contributed by atoms with Crippen LogP contribution < -0.4 is 16.0 Å². The molecule has 3 heterocycles. The van der Waals surface area contributed by atoms with E-state index in [0.29, 0.717) is 29.8 Å². The molecule has 0 atom stereocenters. The van der Waals surface area contributed by atoms with Crippen molar-refractivity contribution in [3.05, 3.63) is 24.0 Å². The molecule has 0 aliphatic carbocycles. The standard InChI is InChI=1S/C14H19N7O/c22-13-10-9-12(21-20-10)18-11-5-8-17-14(19-11)16-7-4-2-1-3-6-15-13/h5,8-9H,1-4,6-7H2,(H,15,22)(H3,16,17,18,19,20,21). The third-order valence-electron chi connectivity index (χ3n) is 3.41. The van der Waals surface area contributed by atoms with Crippen LogP contribution in [0.4, 0.5) is 17.6 Å². The summed E-state index contributed by atoms with van der Waals surface area (Å²) < 4.78 is 0. The Bertz CT molecular complexity index is 640. The number of fused-ring (bicyclic) bond motifs is 4. The number of amides is 1. The van der Waals surface area contributed by atoms with Crippen LogP contribution in [-0.2, 0) is 0 Å². The van der Waals surface area contributed by atoms with Crippen LogP contribution in [0.2, 0.25) is 0 Å². The molecule has 1 aliphatic rings. The summed E-state index contributed by atoms with van der Waals surface area (Å²) >= 11 is 0. The normalized spacial score (nSPS) is 16.3. The van der Waals surface area contributed by atoms with Crippen LogP contribution >= 0.6 is 0 Å². The Morgan fingerprint density at radius 2 is 1.82 bits per heavy atom. The largest absolute Gasteiger partial charge is 0.354 e. The van der Waals surface area contributed by atoms with Gasteiger partial charge in [0, 0.05) is 25.4 Å². The van der Waals surface area contributed by atoms with E-state index in [4.69, 9.17) is 0 Å². The Morgan fingerprint density at radius 3 is 2.68 bits per heavy atom. The highest BCUT2D eigenvalue weighted by Gasteiger charge is 2.10. The molecule has 4 bridgehead atoms. The lowest BCUT2D eigenvalue weighted by Gasteiger charge is -2.07. The Labute approximate surface area is 128 Å². The highest BCUT2D eigenvalue weighted by atomic mass is 16.1. The monoisotopic (exact) mass is 301 g/mol. The molecule has 0 unspecified atom stereocenters. The van der Waals surface area contributed by atoms with Crippen LogP contribution in [0, 0.1) is 0 Å². The lowest BCUT2D eigenvalue weighted by Crippen LogP contribution is -2.24. The van der Waals surface area contributed by atoms with Crippen molar-refractivity contribution < 1.29 is 4.79 Å². The van der Waals surface area contributed by atoms with E-state index < -0.39 is 0 Å². The maximum Gasteiger partial charge on any atom is 0.269 e. The molecular formula is C14H19N7O. The second-order valence-corrected chi connectivity index (χ2v) is 5.15. The number of aromatic nitrogens is 4. The zero-order valence-corrected chi connectivity index (χ0v) is 12.2. The molecule has 22 heavy (non-hydrogen) atoms. The lowest BCUT2D eigenvalue weighted by molar-refractivity contribution is 0.0948. The van der Waals surface area contributed by atoms with E-state index in [2.05, 4.69) is 36.1 Å². The third kappa shape index (κ3) is 3.72. The molecule has 116 valence electrons. The molecule has 4 N–H and O–H groups in total. The van der Waals surface area contributed by atoms with Gasteiger partial charge in [-0.25, -0.2) is 4.98 Å². The number of nitrogens with one attached hydrogen (secondary N) is 4. The van der Waals surface area contributed by atoms with Crippen molar-refractivity contribution in [2.45, 2.75) is 25.7 Å². The molecular weight excluding hydrogens is 282 g/mol. The maximum atomic E-state index is 12.0. The van der Waals surface area contributed by atoms with Gasteiger partial charge >= 0.3 is 0 Å². The fraction of sp³-hybridized carbons (Fsp3) is 0.429. The van der Waals surface area contributed by atoms with Gasteiger partial charge in [0.2, 0.25) is 5.95 Å². The highest BCUT2D eigenvalue weighted by molar-refractivity contribution is 5.93. The number of aromatic amines is 1. The van der Waals surface area contributed by atoms with Gasteiger partial charge < -0.3 is 16.0 Å². The van der Waals surface area contributed by atoms with E-state index in [-0.39, 0.29) is 5.91 Å². The first-order valence-corrected chi connectivity index (χ1v) is 7.49. The minimum Gasteiger partial charge on any atom is -0.354 e. The zero-order valence-electron chi connectivity index (χ0n) is 12.2. The predicted molar refractivity (Wildman–Crippen MR) is 83.2 cm³/mol. The summed E-state index contributed by atoms with van der Waals surface area (Å²) in [6.45, 7) is 1.51. The van der Waals surface area contributed by atoms with Gasteiger partial charge in [-0.15, -0.1) is 0 Å². The van der Waals surface area contributed by atoms with Gasteiger partial charge in [0.15, 0.2) is 5.82 Å². The van der Waals surface area contributed by atoms with Crippen LogP contribution in [0.1, 0.15) is 36.2 Å². The molecule has 2 aromatic heterocycles. The Morgan fingerprint density at radius 1 is 1.00 bits per heavy atom. The van der Waals surface area contributed by atoms with Gasteiger partial charge in [-0.2, -0.15) is 10.1 Å². The Kier molecular flexibility index (Phi) is 4.47. The second kappa shape index (κ2) is 6.88. The van der Waals surface area contributed by atoms with Crippen molar-refractivity contribution in [2.75, 3.05) is 23.7 Å². The van der Waals surface area contributed by atoms with Crippen molar-refractivity contribution in [1.82, 2.24) is 25.5 Å². The molecule has 8 nitrogen and oxygen atoms in total. The van der Waals surface area contributed by atoms with Crippen LogP contribution in [0.15, 0.2) is 18.3 Å². The molecule has 2 aromatic rings. The smallest absolute Gasteiger partial charge is 0.269 e. The molecule has 0 saturated heterocycles. The quantitative estimate of drug-likeness (QED) is 0.589. The van der Waals surface area contributed by atoms with E-state index >= 15 is 0 Å². The van der Waals surface area contributed by atoms with E-state index in [1.54, 1.807) is 18.3 Å². The number of anilines is 3. The van der Waals surface area contributed by atoms with E-state index in [0.717, 1.165) is 32.2 Å². The first kappa shape index (κ1) is 14.3. The third-order valence-corrected chi connectivity index (χ3v) is 3.41. The Balaban J connectivity index is 1.78. The van der Waals surface area contributed by atoms with Crippen molar-refractivity contribution in [3.8, 4) is 0 Å². The van der Waals surface area contributed by atoms with Gasteiger partial charge in [-0.3, -0.25) is 9.89 Å². The van der Waals surface area contributed by atoms with Crippen molar-refractivity contribution >= 4 is 23.5 Å². The van der Waals surface area contributed by atoms with E-state index in [1.165, 1.54) is 0 Å². The van der Waals surface area contributed by atoms with Crippen molar-refractivity contribution in [3.63, 3.8) is 0 Å². The average Bonchev–Trinajstić information content (AvgIpc) is 2.98. The predicted octanol–water partition coefficient (Wildman–Crippen LogP) is 1.66. The van der Waals surface area contributed by atoms with Gasteiger partial charge in [-0.1, -0.05) is 12.8 Å². The highest BCUT2D eigenvalue weighted by Crippen LogP contribution is 2.14. The van der Waals surface area contributed by atoms with Crippen molar-refractivity contribution in [2.24, 2.45) is 0 Å². The SMILES string of the molecule is O=C1NCCCCCCNc2nccc(n2)Nc2cc1[nH]n2. The fourth-order valence-corrected chi connectivity index (χ4v) is 2.25. The number of nitrogens with zero attached hydrogens (tertiary/aromatic N) is 3. The summed E-state index contributed by atoms with van der Waals surface area (Å²) in [6.07, 6.45) is 5.89. The summed E-state index contributed by atoms with van der Waals surface area (Å²) in [7, 11) is 0. The fourth-order valence-electron chi connectivity index (χ4n) is 2.25. The van der Waals surface area contributed by atoms with Crippen LogP contribution in [0.25, 0.3) is 0 Å². The van der Waals surface area contributed by atoms with Gasteiger partial charge in [-0.05, 0) is 18.9 Å². The van der Waals surface area contributed by atoms with Gasteiger partial charge in [0.25, 0.3) is 5.91 Å². The molecule has 1 amide bonds. The summed E-state index contributed by atoms with van der Waals surface area (Å²) in [5, 5.41) is 15.9. The number of H-pyrrole nitrogens is 1.